The number of benzene rings is 2. The lowest BCUT2D eigenvalue weighted by atomic mass is 10.1. The fraction of sp³-hybridized carbons (Fsp3) is 0.185. The number of pyridine rings is 1. The number of anilines is 2. The summed E-state index contributed by atoms with van der Waals surface area (Å²) in [7, 11) is 0. The van der Waals surface area contributed by atoms with Gasteiger partial charge < -0.3 is 15.0 Å². The first-order chi connectivity index (χ1) is 17.1. The molecule has 0 fully saturated rings. The average molecular weight is 530 g/mol. The molecule has 4 aromatic rings. The molecule has 5 rings (SSSR count). The summed E-state index contributed by atoms with van der Waals surface area (Å²) in [5.41, 5.74) is 5.59. The van der Waals surface area contributed by atoms with Crippen LogP contribution in [0.5, 0.6) is 5.88 Å². The molecule has 8 heteroatoms. The smallest absolute Gasteiger partial charge is 0.258 e. The first-order valence-corrected chi connectivity index (χ1v) is 12.2. The minimum absolute atomic E-state index is 0.247. The predicted octanol–water partition coefficient (Wildman–Crippen LogP) is 5.15. The highest BCUT2D eigenvalue weighted by molar-refractivity contribution is 9.10. The van der Waals surface area contributed by atoms with Crippen molar-refractivity contribution < 1.29 is 9.53 Å². The minimum atomic E-state index is -0.314. The zero-order chi connectivity index (χ0) is 24.2. The van der Waals surface area contributed by atoms with Gasteiger partial charge in [-0.1, -0.05) is 51.8 Å². The molecule has 2 aromatic carbocycles. The van der Waals surface area contributed by atoms with Gasteiger partial charge in [0.15, 0.2) is 0 Å². The molecule has 0 radical (unpaired) electrons. The van der Waals surface area contributed by atoms with E-state index in [0.717, 1.165) is 34.4 Å². The van der Waals surface area contributed by atoms with Crippen molar-refractivity contribution >= 4 is 33.5 Å². The van der Waals surface area contributed by atoms with Gasteiger partial charge in [-0.05, 0) is 54.8 Å². The Kier molecular flexibility index (Phi) is 6.72. The van der Waals surface area contributed by atoms with Crippen LogP contribution in [0.25, 0.3) is 0 Å². The molecule has 0 bridgehead atoms. The van der Waals surface area contributed by atoms with Crippen LogP contribution in [0.3, 0.4) is 0 Å². The topological polar surface area (TPSA) is 80.2 Å². The van der Waals surface area contributed by atoms with E-state index in [1.807, 2.05) is 42.5 Å². The Morgan fingerprint density at radius 3 is 2.77 bits per heavy atom. The number of hydrogen-bond donors (Lipinski definition) is 1. The van der Waals surface area contributed by atoms with Crippen LogP contribution in [0.4, 0.5) is 11.6 Å². The van der Waals surface area contributed by atoms with Crippen molar-refractivity contribution in [1.29, 1.82) is 0 Å². The Labute approximate surface area is 212 Å². The van der Waals surface area contributed by atoms with E-state index in [2.05, 4.69) is 61.2 Å². The molecule has 1 amide bonds. The van der Waals surface area contributed by atoms with E-state index in [4.69, 9.17) is 9.72 Å². The second-order valence-corrected chi connectivity index (χ2v) is 9.26. The van der Waals surface area contributed by atoms with Crippen LogP contribution in [0.15, 0.2) is 77.5 Å². The lowest BCUT2D eigenvalue weighted by Crippen LogP contribution is -2.25. The Bertz CT molecular complexity index is 1350. The molecule has 0 unspecified atom stereocenters. The molecule has 1 aliphatic heterocycles. The maximum Gasteiger partial charge on any atom is 0.258 e. The van der Waals surface area contributed by atoms with Crippen molar-refractivity contribution in [2.45, 2.75) is 26.5 Å². The van der Waals surface area contributed by atoms with Crippen LogP contribution in [0.2, 0.25) is 0 Å². The zero-order valence-corrected chi connectivity index (χ0v) is 20.8. The van der Waals surface area contributed by atoms with Gasteiger partial charge in [-0.15, -0.1) is 0 Å². The first kappa shape index (κ1) is 23.0. The fourth-order valence-corrected chi connectivity index (χ4v) is 4.26. The predicted molar refractivity (Wildman–Crippen MR) is 138 cm³/mol. The number of rotatable bonds is 7. The highest BCUT2D eigenvalue weighted by Crippen LogP contribution is 2.34. The Hall–Kier alpha value is -3.78. The summed E-state index contributed by atoms with van der Waals surface area (Å²) in [6.07, 6.45) is 4.16. The molecule has 7 nitrogen and oxygen atoms in total. The minimum Gasteiger partial charge on any atom is -0.472 e. The number of nitrogens with one attached hydrogen (secondary N) is 1. The van der Waals surface area contributed by atoms with Crippen molar-refractivity contribution in [1.82, 2.24) is 20.3 Å². The molecular weight excluding hydrogens is 506 g/mol. The first-order valence-electron chi connectivity index (χ1n) is 11.4. The van der Waals surface area contributed by atoms with Crippen LogP contribution >= 0.6 is 15.9 Å². The van der Waals surface area contributed by atoms with Crippen molar-refractivity contribution in [3.63, 3.8) is 0 Å². The van der Waals surface area contributed by atoms with E-state index in [1.54, 1.807) is 12.4 Å². The molecule has 0 spiro atoms. The third kappa shape index (κ3) is 5.33. The second-order valence-electron chi connectivity index (χ2n) is 8.34. The van der Waals surface area contributed by atoms with Crippen LogP contribution in [-0.2, 0) is 19.6 Å². The van der Waals surface area contributed by atoms with Crippen molar-refractivity contribution in [2.75, 3.05) is 11.4 Å². The molecule has 0 atom stereocenters. The van der Waals surface area contributed by atoms with Crippen LogP contribution < -0.4 is 15.0 Å². The molecule has 0 saturated carbocycles. The van der Waals surface area contributed by atoms with Gasteiger partial charge in [0.1, 0.15) is 12.2 Å². The molecule has 1 aliphatic rings. The maximum absolute atomic E-state index is 13.0. The number of nitrogens with zero attached hydrogens (tertiary/aromatic N) is 4. The molecule has 2 aromatic heterocycles. The van der Waals surface area contributed by atoms with Gasteiger partial charge >= 0.3 is 0 Å². The summed E-state index contributed by atoms with van der Waals surface area (Å²) >= 11 is 3.45. The van der Waals surface area contributed by atoms with E-state index in [9.17, 15) is 4.79 Å². The lowest BCUT2D eigenvalue weighted by molar-refractivity contribution is 0.0944. The fourth-order valence-electron chi connectivity index (χ4n) is 3.99. The van der Waals surface area contributed by atoms with Gasteiger partial charge in [-0.2, -0.15) is 4.98 Å². The number of fused-ring (bicyclic) bond motifs is 1. The van der Waals surface area contributed by atoms with E-state index in [0.29, 0.717) is 12.5 Å². The van der Waals surface area contributed by atoms with E-state index in [1.165, 1.54) is 11.1 Å². The summed E-state index contributed by atoms with van der Waals surface area (Å²) in [4.78, 5) is 28.6. The molecular formula is C27H24BrN5O2. The average Bonchev–Trinajstić information content (AvgIpc) is 3.30. The van der Waals surface area contributed by atoms with E-state index < -0.39 is 0 Å². The number of ether oxygens (including phenoxy) is 1. The number of aromatic nitrogens is 3. The molecule has 0 aliphatic carbocycles. The number of carbonyl (C=O) groups is 1. The van der Waals surface area contributed by atoms with Gasteiger partial charge in [0.05, 0.1) is 12.2 Å². The molecule has 35 heavy (non-hydrogen) atoms. The highest BCUT2D eigenvalue weighted by atomic mass is 79.9. The van der Waals surface area contributed by atoms with Crippen molar-refractivity contribution in [2.24, 2.45) is 0 Å². The Morgan fingerprint density at radius 2 is 1.97 bits per heavy atom. The van der Waals surface area contributed by atoms with Gasteiger partial charge in [0.2, 0.25) is 11.8 Å². The highest BCUT2D eigenvalue weighted by Gasteiger charge is 2.25. The van der Waals surface area contributed by atoms with Gasteiger partial charge in [-0.3, -0.25) is 9.78 Å². The number of halogens is 1. The normalized spacial score (nSPS) is 12.3. The quantitative estimate of drug-likeness (QED) is 0.356. The third-order valence-corrected chi connectivity index (χ3v) is 6.33. The number of hydrogen-bond acceptors (Lipinski definition) is 6. The Balaban J connectivity index is 1.41. The number of carbonyl (C=O) groups excluding carboxylic acids is 1. The summed E-state index contributed by atoms with van der Waals surface area (Å²) < 4.78 is 7.06. The largest absolute Gasteiger partial charge is 0.472 e. The standard InChI is InChI=1S/C27H24BrN5O2/c1-18-5-10-24-20(14-18)11-13-33(24)27-31-16-23(25(34)30-15-22-4-2-3-12-29-22)26(32-27)35-17-19-6-8-21(28)9-7-19/h2-10,12,14,16H,11,13,15,17H2,1H3,(H,30,34). The second kappa shape index (κ2) is 10.2. The molecule has 176 valence electrons. The Morgan fingerprint density at radius 1 is 1.11 bits per heavy atom. The van der Waals surface area contributed by atoms with E-state index >= 15 is 0 Å². The monoisotopic (exact) mass is 529 g/mol. The number of aryl methyl sites for hydroxylation is 1. The van der Waals surface area contributed by atoms with Gasteiger partial charge in [0.25, 0.3) is 5.91 Å². The molecule has 0 saturated heterocycles. The zero-order valence-electron chi connectivity index (χ0n) is 19.2. The summed E-state index contributed by atoms with van der Waals surface area (Å²) in [5, 5.41) is 2.89. The SMILES string of the molecule is Cc1ccc2c(c1)CCN2c1ncc(C(=O)NCc2ccccn2)c(OCc2ccc(Br)cc2)n1. The van der Waals surface area contributed by atoms with Crippen LogP contribution in [0.1, 0.15) is 32.7 Å². The number of amides is 1. The van der Waals surface area contributed by atoms with Crippen LogP contribution in [-0.4, -0.2) is 27.4 Å². The maximum atomic E-state index is 13.0. The van der Waals surface area contributed by atoms with Crippen LogP contribution in [0, 0.1) is 6.92 Å². The third-order valence-electron chi connectivity index (χ3n) is 5.80. The van der Waals surface area contributed by atoms with Gasteiger partial charge in [-0.25, -0.2) is 4.98 Å². The van der Waals surface area contributed by atoms with Gasteiger partial charge in [0, 0.05) is 29.1 Å². The summed E-state index contributed by atoms with van der Waals surface area (Å²) in [5.74, 6) is 0.446. The molecule has 3 heterocycles. The van der Waals surface area contributed by atoms with Crippen molar-refractivity contribution in [3.8, 4) is 5.88 Å². The lowest BCUT2D eigenvalue weighted by Gasteiger charge is -2.19. The molecule has 1 N–H and O–H groups in total. The van der Waals surface area contributed by atoms with Crippen molar-refractivity contribution in [3.05, 3.63) is 105 Å². The van der Waals surface area contributed by atoms with E-state index in [-0.39, 0.29) is 24.0 Å². The summed E-state index contributed by atoms with van der Waals surface area (Å²) in [6.45, 7) is 3.44. The summed E-state index contributed by atoms with van der Waals surface area (Å²) in [6, 6.07) is 19.8.